The van der Waals surface area contributed by atoms with Crippen molar-refractivity contribution in [3.63, 3.8) is 0 Å². The van der Waals surface area contributed by atoms with Crippen LogP contribution in [0, 0.1) is 18.2 Å². The molecular formula is C22H25BBrClN4OS. The number of benzene rings is 1. The van der Waals surface area contributed by atoms with Gasteiger partial charge in [0.1, 0.15) is 6.29 Å². The molecule has 0 fully saturated rings. The summed E-state index contributed by atoms with van der Waals surface area (Å²) in [7, 11) is 0. The predicted octanol–water partition coefficient (Wildman–Crippen LogP) is 6.00. The average molecular weight is 520 g/mol. The van der Waals surface area contributed by atoms with Crippen LogP contribution < -0.4 is 10.6 Å². The highest BCUT2D eigenvalue weighted by atomic mass is 79.9. The summed E-state index contributed by atoms with van der Waals surface area (Å²) < 4.78 is 0.931. The van der Waals surface area contributed by atoms with Crippen molar-refractivity contribution < 1.29 is 4.79 Å². The highest BCUT2D eigenvalue weighted by Crippen LogP contribution is 2.22. The average Bonchev–Trinajstić information content (AvgIpc) is 2.78. The molecule has 1 heterocycles. The third-order valence-electron chi connectivity index (χ3n) is 4.53. The van der Waals surface area contributed by atoms with E-state index in [9.17, 15) is 4.79 Å². The molecule has 0 radical (unpaired) electrons. The summed E-state index contributed by atoms with van der Waals surface area (Å²) >= 11 is 14.0. The highest BCUT2D eigenvalue weighted by Gasteiger charge is 2.10. The molecular weight excluding hydrogens is 495 g/mol. The summed E-state index contributed by atoms with van der Waals surface area (Å²) in [4.78, 5) is 15.0. The van der Waals surface area contributed by atoms with E-state index in [2.05, 4.69) is 49.7 Å². The maximum Gasteiger partial charge on any atom is 0.265 e. The number of nitriles is 1. The Hall–Kier alpha value is -2.21. The van der Waals surface area contributed by atoms with Crippen LogP contribution in [-0.4, -0.2) is 23.5 Å². The molecule has 0 unspecified atom stereocenters. The Morgan fingerprint density at radius 1 is 1.42 bits per heavy atom. The van der Waals surface area contributed by atoms with Gasteiger partial charge in [0, 0.05) is 51.4 Å². The second-order valence-corrected chi connectivity index (χ2v) is 8.34. The topological polar surface area (TPSA) is 77.8 Å². The van der Waals surface area contributed by atoms with E-state index in [0.29, 0.717) is 18.5 Å². The molecule has 0 saturated carbocycles. The van der Waals surface area contributed by atoms with Gasteiger partial charge >= 0.3 is 0 Å². The van der Waals surface area contributed by atoms with Crippen LogP contribution >= 0.6 is 39.7 Å². The van der Waals surface area contributed by atoms with Crippen molar-refractivity contribution in [3.8, 4) is 5.97 Å². The zero-order chi connectivity index (χ0) is 23.2. The van der Waals surface area contributed by atoms with Crippen LogP contribution in [0.5, 0.6) is 0 Å². The monoisotopic (exact) mass is 518 g/mol. The molecule has 0 amide bonds. The third-order valence-corrected chi connectivity index (χ3v) is 5.77. The summed E-state index contributed by atoms with van der Waals surface area (Å²) in [6.45, 7) is 6.22. The number of anilines is 1. The lowest BCUT2D eigenvalue weighted by atomic mass is 9.50. The van der Waals surface area contributed by atoms with Gasteiger partial charge in [0.15, 0.2) is 0 Å². The molecule has 0 bridgehead atoms. The number of halogens is 2. The van der Waals surface area contributed by atoms with Crippen molar-refractivity contribution in [1.82, 2.24) is 10.3 Å². The van der Waals surface area contributed by atoms with E-state index in [0.717, 1.165) is 44.6 Å². The van der Waals surface area contributed by atoms with Crippen molar-refractivity contribution in [1.29, 1.82) is 5.26 Å². The minimum Gasteiger partial charge on any atom is -0.384 e. The van der Waals surface area contributed by atoms with Gasteiger partial charge in [0.2, 0.25) is 0 Å². The maximum absolute atomic E-state index is 11.0. The van der Waals surface area contributed by atoms with Crippen molar-refractivity contribution >= 4 is 63.9 Å². The number of carbonyl (C=O) groups excluding carboxylic acids is 1. The molecule has 0 spiro atoms. The van der Waals surface area contributed by atoms with Crippen LogP contribution in [0.3, 0.4) is 0 Å². The van der Waals surface area contributed by atoms with Gasteiger partial charge in [0.05, 0.1) is 5.49 Å². The smallest absolute Gasteiger partial charge is 0.265 e. The van der Waals surface area contributed by atoms with Crippen LogP contribution in [0.2, 0.25) is 18.2 Å². The Morgan fingerprint density at radius 2 is 2.16 bits per heavy atom. The fourth-order valence-corrected chi connectivity index (χ4v) is 3.19. The normalized spacial score (nSPS) is 10.6. The van der Waals surface area contributed by atoms with E-state index in [1.807, 2.05) is 38.0 Å². The van der Waals surface area contributed by atoms with Gasteiger partial charge in [-0.25, -0.2) is 5.26 Å². The molecule has 0 atom stereocenters. The van der Waals surface area contributed by atoms with E-state index >= 15 is 0 Å². The summed E-state index contributed by atoms with van der Waals surface area (Å²) in [6.07, 6.45) is 5.75. The molecule has 162 valence electrons. The first-order chi connectivity index (χ1) is 14.8. The van der Waals surface area contributed by atoms with E-state index in [1.165, 1.54) is 5.49 Å². The molecule has 0 aliphatic heterocycles. The van der Waals surface area contributed by atoms with Gasteiger partial charge in [-0.05, 0) is 65.5 Å². The van der Waals surface area contributed by atoms with Gasteiger partial charge in [-0.15, -0.1) is 0 Å². The number of rotatable bonds is 9. The number of hydrogen-bond acceptors (Lipinski definition) is 5. The number of nitrogens with zero attached hydrogens (tertiary/aromatic N) is 2. The molecule has 0 aliphatic carbocycles. The fourth-order valence-electron chi connectivity index (χ4n) is 2.50. The van der Waals surface area contributed by atoms with Crippen molar-refractivity contribution in [3.05, 3.63) is 68.6 Å². The van der Waals surface area contributed by atoms with E-state index < -0.39 is 0 Å². The second kappa shape index (κ2) is 14.7. The third kappa shape index (κ3) is 9.64. The maximum atomic E-state index is 11.0. The Labute approximate surface area is 203 Å². The number of thiocarbonyl (C=S) groups is 1. The minimum atomic E-state index is -0.0149. The van der Waals surface area contributed by atoms with Crippen LogP contribution in [0.1, 0.15) is 24.5 Å². The van der Waals surface area contributed by atoms with Gasteiger partial charge in [-0.2, -0.15) is 0 Å². The summed E-state index contributed by atoms with van der Waals surface area (Å²) in [5, 5.41) is 15.8. The van der Waals surface area contributed by atoms with E-state index in [4.69, 9.17) is 16.9 Å². The Bertz CT molecular complexity index is 965. The van der Waals surface area contributed by atoms with Crippen molar-refractivity contribution in [2.24, 2.45) is 0 Å². The first kappa shape index (κ1) is 26.8. The number of nitrogens with one attached hydrogen (secondary N) is 2. The van der Waals surface area contributed by atoms with Crippen LogP contribution in [0.25, 0.3) is 0 Å². The number of aldehydes is 1. The lowest BCUT2D eigenvalue weighted by molar-refractivity contribution is -0.104. The predicted molar refractivity (Wildman–Crippen MR) is 138 cm³/mol. The van der Waals surface area contributed by atoms with Gasteiger partial charge in [0.25, 0.3) is 6.71 Å². The quantitative estimate of drug-likeness (QED) is 0.183. The molecule has 1 aromatic carbocycles. The molecule has 2 N–H and O–H groups in total. The number of carbonyl (C=O) groups is 1. The SMILES string of the molecule is CB(C#N)CC/C(NCc1ccncc1Br)=C(/C)C=O.Cc1c(Cl)cccc1NC=S. The summed E-state index contributed by atoms with van der Waals surface area (Å²) in [5.74, 6) is 2.21. The standard InChI is InChI=1S/C14H17BBrN3O.C8H8ClNS/c1-11(9-20)14(3-5-15(2)10-17)19-7-12-4-6-18-8-13(12)16;1-6-7(9)3-2-4-8(6)10-5-11/h4,6,8-9,19H,3,5,7H2,1-2H3;2-5H,1H3,(H,10,11)/b14-11+;. The molecule has 2 rings (SSSR count). The molecule has 0 saturated heterocycles. The fraction of sp³-hybridized carbons (Fsp3) is 0.273. The van der Waals surface area contributed by atoms with E-state index in [1.54, 1.807) is 19.3 Å². The van der Waals surface area contributed by atoms with Gasteiger partial charge in [-0.1, -0.05) is 43.0 Å². The zero-order valence-corrected chi connectivity index (χ0v) is 20.9. The van der Waals surface area contributed by atoms with Crippen LogP contribution in [0.15, 0.2) is 52.4 Å². The number of hydrogen-bond donors (Lipinski definition) is 2. The summed E-state index contributed by atoms with van der Waals surface area (Å²) in [5.41, 5.74) is 6.11. The Balaban J connectivity index is 0.000000367. The Kier molecular flexibility index (Phi) is 12.8. The molecule has 2 aromatic rings. The van der Waals surface area contributed by atoms with Crippen molar-refractivity contribution in [2.75, 3.05) is 5.32 Å². The zero-order valence-electron chi connectivity index (χ0n) is 17.8. The summed E-state index contributed by atoms with van der Waals surface area (Å²) in [6, 6.07) is 7.59. The number of allylic oxidation sites excluding steroid dienone is 2. The van der Waals surface area contributed by atoms with Crippen LogP contribution in [0.4, 0.5) is 5.69 Å². The van der Waals surface area contributed by atoms with Crippen molar-refractivity contribution in [2.45, 2.75) is 40.0 Å². The number of pyridine rings is 1. The number of aromatic nitrogens is 1. The largest absolute Gasteiger partial charge is 0.384 e. The minimum absolute atomic E-state index is 0.0149. The molecule has 5 nitrogen and oxygen atoms in total. The Morgan fingerprint density at radius 3 is 2.77 bits per heavy atom. The van der Waals surface area contributed by atoms with Crippen LogP contribution in [-0.2, 0) is 11.3 Å². The molecule has 31 heavy (non-hydrogen) atoms. The highest BCUT2D eigenvalue weighted by molar-refractivity contribution is 9.10. The first-order valence-corrected chi connectivity index (χ1v) is 11.3. The van der Waals surface area contributed by atoms with E-state index in [-0.39, 0.29) is 6.71 Å². The lowest BCUT2D eigenvalue weighted by Gasteiger charge is -2.13. The lowest BCUT2D eigenvalue weighted by Crippen LogP contribution is -2.17. The second-order valence-electron chi connectivity index (χ2n) is 6.84. The molecule has 1 aromatic heterocycles. The van der Waals surface area contributed by atoms with Gasteiger partial charge in [-0.3, -0.25) is 9.78 Å². The van der Waals surface area contributed by atoms with Gasteiger partial charge < -0.3 is 10.6 Å². The molecule has 0 aliphatic rings. The first-order valence-electron chi connectivity index (χ1n) is 9.66. The molecule has 9 heteroatoms.